The lowest BCUT2D eigenvalue weighted by molar-refractivity contribution is 0.0929. The lowest BCUT2D eigenvalue weighted by atomic mass is 9.78. The smallest absolute Gasteiger partial charge is 0.251 e. The minimum absolute atomic E-state index is 0.0574. The second-order valence-corrected chi connectivity index (χ2v) is 5.32. The first kappa shape index (κ1) is 11.6. The molecule has 16 heavy (non-hydrogen) atoms. The zero-order valence-corrected chi connectivity index (χ0v) is 10.6. The average Bonchev–Trinajstić information content (AvgIpc) is 2.23. The molecule has 2 rings (SSSR count). The predicted molar refractivity (Wildman–Crippen MR) is 67.2 cm³/mol. The highest BCUT2D eigenvalue weighted by Gasteiger charge is 2.32. The largest absolute Gasteiger partial charge is 0.350 e. The van der Waals surface area contributed by atoms with Crippen molar-refractivity contribution >= 4 is 21.8 Å². The van der Waals surface area contributed by atoms with Crippen LogP contribution in [0.4, 0.5) is 0 Å². The molecule has 0 aromatic heterocycles. The molecule has 1 amide bonds. The van der Waals surface area contributed by atoms with Crippen LogP contribution in [-0.2, 0) is 0 Å². The SMILES string of the molecule is NC1(CNC(=O)c2cccc(Br)c2)CCC1. The number of hydrogen-bond acceptors (Lipinski definition) is 2. The van der Waals surface area contributed by atoms with Crippen LogP contribution in [-0.4, -0.2) is 18.0 Å². The van der Waals surface area contributed by atoms with Crippen LogP contribution in [0.5, 0.6) is 0 Å². The molecule has 3 nitrogen and oxygen atoms in total. The standard InChI is InChI=1S/C12H15BrN2O/c13-10-4-1-3-9(7-10)11(16)15-8-12(14)5-2-6-12/h1,3-4,7H,2,5-6,8,14H2,(H,15,16). The van der Waals surface area contributed by atoms with Crippen molar-refractivity contribution in [1.82, 2.24) is 5.32 Å². The summed E-state index contributed by atoms with van der Waals surface area (Å²) in [6.45, 7) is 0.568. The van der Waals surface area contributed by atoms with Crippen molar-refractivity contribution in [2.45, 2.75) is 24.8 Å². The number of rotatable bonds is 3. The van der Waals surface area contributed by atoms with Crippen molar-refractivity contribution in [3.8, 4) is 0 Å². The van der Waals surface area contributed by atoms with Gasteiger partial charge in [0.15, 0.2) is 0 Å². The van der Waals surface area contributed by atoms with Gasteiger partial charge >= 0.3 is 0 Å². The second-order valence-electron chi connectivity index (χ2n) is 4.41. The van der Waals surface area contributed by atoms with Gasteiger partial charge in [0.2, 0.25) is 0 Å². The quantitative estimate of drug-likeness (QED) is 0.892. The van der Waals surface area contributed by atoms with Gasteiger partial charge in [0, 0.05) is 22.1 Å². The topological polar surface area (TPSA) is 55.1 Å². The van der Waals surface area contributed by atoms with Crippen molar-refractivity contribution in [3.63, 3.8) is 0 Å². The van der Waals surface area contributed by atoms with Gasteiger partial charge in [0.1, 0.15) is 0 Å². The number of nitrogens with two attached hydrogens (primary N) is 1. The molecule has 1 aliphatic carbocycles. The maximum atomic E-state index is 11.8. The molecular weight excluding hydrogens is 268 g/mol. The van der Waals surface area contributed by atoms with Gasteiger partial charge < -0.3 is 11.1 Å². The van der Waals surface area contributed by atoms with Gasteiger partial charge in [-0.05, 0) is 37.5 Å². The molecule has 4 heteroatoms. The summed E-state index contributed by atoms with van der Waals surface area (Å²) in [5.41, 5.74) is 6.53. The van der Waals surface area contributed by atoms with Crippen LogP contribution in [0, 0.1) is 0 Å². The van der Waals surface area contributed by atoms with Crippen molar-refractivity contribution in [3.05, 3.63) is 34.3 Å². The Morgan fingerprint density at radius 3 is 2.81 bits per heavy atom. The molecule has 0 unspecified atom stereocenters. The molecule has 0 atom stereocenters. The molecule has 1 aromatic rings. The predicted octanol–water partition coefficient (Wildman–Crippen LogP) is 2.06. The fourth-order valence-electron chi connectivity index (χ4n) is 1.80. The van der Waals surface area contributed by atoms with Gasteiger partial charge in [0.25, 0.3) is 5.91 Å². The zero-order chi connectivity index (χ0) is 11.6. The monoisotopic (exact) mass is 282 g/mol. The third-order valence-electron chi connectivity index (χ3n) is 3.04. The average molecular weight is 283 g/mol. The molecule has 0 aliphatic heterocycles. The Labute approximate surface area is 104 Å². The highest BCUT2D eigenvalue weighted by atomic mass is 79.9. The number of carbonyl (C=O) groups is 1. The number of halogens is 1. The Morgan fingerprint density at radius 1 is 1.50 bits per heavy atom. The van der Waals surface area contributed by atoms with Crippen molar-refractivity contribution in [2.24, 2.45) is 5.73 Å². The zero-order valence-electron chi connectivity index (χ0n) is 9.00. The molecule has 3 N–H and O–H groups in total. The van der Waals surface area contributed by atoms with Crippen molar-refractivity contribution in [1.29, 1.82) is 0 Å². The molecule has 1 saturated carbocycles. The molecule has 0 radical (unpaired) electrons. The Bertz CT molecular complexity index is 402. The summed E-state index contributed by atoms with van der Waals surface area (Å²) >= 11 is 3.34. The third kappa shape index (κ3) is 2.62. The number of hydrogen-bond donors (Lipinski definition) is 2. The second kappa shape index (κ2) is 4.55. The van der Waals surface area contributed by atoms with E-state index in [9.17, 15) is 4.79 Å². The summed E-state index contributed by atoms with van der Waals surface area (Å²) in [6.07, 6.45) is 3.18. The van der Waals surface area contributed by atoms with Crippen molar-refractivity contribution in [2.75, 3.05) is 6.54 Å². The van der Waals surface area contributed by atoms with Crippen LogP contribution in [0.2, 0.25) is 0 Å². The molecule has 0 bridgehead atoms. The number of amides is 1. The molecule has 0 spiro atoms. The Morgan fingerprint density at radius 2 is 2.25 bits per heavy atom. The number of benzene rings is 1. The summed E-state index contributed by atoms with van der Waals surface area (Å²) < 4.78 is 0.909. The number of nitrogens with one attached hydrogen (secondary N) is 1. The van der Waals surface area contributed by atoms with E-state index in [1.807, 2.05) is 12.1 Å². The van der Waals surface area contributed by atoms with Gasteiger partial charge in [0.05, 0.1) is 0 Å². The first-order chi connectivity index (χ1) is 7.59. The van der Waals surface area contributed by atoms with Crippen LogP contribution in [0.3, 0.4) is 0 Å². The van der Waals surface area contributed by atoms with Crippen LogP contribution < -0.4 is 11.1 Å². The third-order valence-corrected chi connectivity index (χ3v) is 3.53. The van der Waals surface area contributed by atoms with E-state index in [4.69, 9.17) is 5.73 Å². The van der Waals surface area contributed by atoms with Gasteiger partial charge in [-0.25, -0.2) is 0 Å². The highest BCUT2D eigenvalue weighted by Crippen LogP contribution is 2.28. The van der Waals surface area contributed by atoms with Gasteiger partial charge in [-0.2, -0.15) is 0 Å². The highest BCUT2D eigenvalue weighted by molar-refractivity contribution is 9.10. The van der Waals surface area contributed by atoms with Crippen LogP contribution in [0.1, 0.15) is 29.6 Å². The van der Waals surface area contributed by atoms with Crippen LogP contribution in [0.15, 0.2) is 28.7 Å². The van der Waals surface area contributed by atoms with E-state index in [2.05, 4.69) is 21.2 Å². The van der Waals surface area contributed by atoms with E-state index in [0.29, 0.717) is 12.1 Å². The summed E-state index contributed by atoms with van der Waals surface area (Å²) in [5, 5.41) is 2.88. The first-order valence-corrected chi connectivity index (χ1v) is 6.21. The van der Waals surface area contributed by atoms with E-state index in [0.717, 1.165) is 17.3 Å². The minimum atomic E-state index is -0.165. The van der Waals surface area contributed by atoms with E-state index in [-0.39, 0.29) is 11.4 Å². The van der Waals surface area contributed by atoms with E-state index < -0.39 is 0 Å². The summed E-state index contributed by atoms with van der Waals surface area (Å²) in [6, 6.07) is 7.34. The molecule has 1 fully saturated rings. The fourth-order valence-corrected chi connectivity index (χ4v) is 2.20. The Hall–Kier alpha value is -0.870. The maximum absolute atomic E-state index is 11.8. The van der Waals surface area contributed by atoms with Gasteiger partial charge in [-0.3, -0.25) is 4.79 Å². The van der Waals surface area contributed by atoms with E-state index in [1.165, 1.54) is 6.42 Å². The van der Waals surface area contributed by atoms with Gasteiger partial charge in [-0.1, -0.05) is 22.0 Å². The molecule has 1 aromatic carbocycles. The Balaban J connectivity index is 1.93. The summed E-state index contributed by atoms with van der Waals surface area (Å²) in [7, 11) is 0. The normalized spacial score (nSPS) is 17.6. The molecule has 1 aliphatic rings. The van der Waals surface area contributed by atoms with E-state index >= 15 is 0 Å². The molecular formula is C12H15BrN2O. The summed E-state index contributed by atoms with van der Waals surface area (Å²) in [5.74, 6) is -0.0574. The molecule has 0 saturated heterocycles. The first-order valence-electron chi connectivity index (χ1n) is 5.42. The minimum Gasteiger partial charge on any atom is -0.350 e. The lowest BCUT2D eigenvalue weighted by Gasteiger charge is -2.38. The lowest BCUT2D eigenvalue weighted by Crippen LogP contribution is -2.54. The molecule has 0 heterocycles. The van der Waals surface area contributed by atoms with Gasteiger partial charge in [-0.15, -0.1) is 0 Å². The number of carbonyl (C=O) groups excluding carboxylic acids is 1. The maximum Gasteiger partial charge on any atom is 0.251 e. The van der Waals surface area contributed by atoms with Crippen LogP contribution in [0.25, 0.3) is 0 Å². The van der Waals surface area contributed by atoms with Crippen LogP contribution >= 0.6 is 15.9 Å². The summed E-state index contributed by atoms with van der Waals surface area (Å²) in [4.78, 5) is 11.8. The van der Waals surface area contributed by atoms with E-state index in [1.54, 1.807) is 12.1 Å². The van der Waals surface area contributed by atoms with Crippen molar-refractivity contribution < 1.29 is 4.79 Å². The Kier molecular flexibility index (Phi) is 3.30. The fraction of sp³-hybridized carbons (Fsp3) is 0.417. The molecule has 86 valence electrons.